The molecule has 6 nitrogen and oxygen atoms in total. The summed E-state index contributed by atoms with van der Waals surface area (Å²) < 4.78 is 13.4. The van der Waals surface area contributed by atoms with Crippen LogP contribution in [0, 0.1) is 15.9 Å². The van der Waals surface area contributed by atoms with Gasteiger partial charge in [0, 0.05) is 42.8 Å². The fourth-order valence-electron chi connectivity index (χ4n) is 1.54. The zero-order valence-corrected chi connectivity index (χ0v) is 10.1. The molecule has 2 aromatic rings. The Morgan fingerprint density at radius 3 is 2.63 bits per heavy atom. The van der Waals surface area contributed by atoms with Gasteiger partial charge in [0.1, 0.15) is 5.82 Å². The van der Waals surface area contributed by atoms with Gasteiger partial charge in [0.05, 0.1) is 4.92 Å². The number of nitro benzene ring substituents is 1. The Hall–Kier alpha value is -2.70. The van der Waals surface area contributed by atoms with E-state index in [1.807, 2.05) is 0 Å². The molecule has 7 heteroatoms. The summed E-state index contributed by atoms with van der Waals surface area (Å²) in [5, 5.41) is 16.3. The van der Waals surface area contributed by atoms with E-state index in [0.717, 1.165) is 12.1 Å². The summed E-state index contributed by atoms with van der Waals surface area (Å²) >= 11 is 0. The largest absolute Gasteiger partial charge is 0.373 e. The quantitative estimate of drug-likeness (QED) is 0.654. The molecule has 98 valence electrons. The molecule has 1 aromatic heterocycles. The fourth-order valence-corrected chi connectivity index (χ4v) is 1.54. The van der Waals surface area contributed by atoms with Gasteiger partial charge >= 0.3 is 5.69 Å². The minimum absolute atomic E-state index is 0.427. The van der Waals surface area contributed by atoms with E-state index in [9.17, 15) is 14.5 Å². The lowest BCUT2D eigenvalue weighted by atomic mass is 10.2. The van der Waals surface area contributed by atoms with Crippen molar-refractivity contribution in [3.63, 3.8) is 0 Å². The Balaban J connectivity index is 2.23. The number of hydrogen-bond donors (Lipinski definition) is 2. The number of nitrogens with zero attached hydrogens (tertiary/aromatic N) is 2. The molecule has 1 heterocycles. The van der Waals surface area contributed by atoms with Gasteiger partial charge in [-0.25, -0.2) is 4.98 Å². The van der Waals surface area contributed by atoms with E-state index in [2.05, 4.69) is 15.6 Å². The molecule has 0 fully saturated rings. The molecule has 2 rings (SSSR count). The van der Waals surface area contributed by atoms with Gasteiger partial charge in [-0.15, -0.1) is 0 Å². The van der Waals surface area contributed by atoms with Gasteiger partial charge in [-0.2, -0.15) is 4.39 Å². The summed E-state index contributed by atoms with van der Waals surface area (Å²) in [5.74, 6) is -0.217. The van der Waals surface area contributed by atoms with E-state index < -0.39 is 16.4 Å². The van der Waals surface area contributed by atoms with Crippen LogP contribution in [0.4, 0.5) is 27.3 Å². The molecule has 0 aliphatic heterocycles. The van der Waals surface area contributed by atoms with Gasteiger partial charge < -0.3 is 10.6 Å². The summed E-state index contributed by atoms with van der Waals surface area (Å²) in [6.45, 7) is 0. The first-order chi connectivity index (χ1) is 9.10. The Labute approximate surface area is 108 Å². The zero-order valence-electron chi connectivity index (χ0n) is 10.1. The monoisotopic (exact) mass is 262 g/mol. The summed E-state index contributed by atoms with van der Waals surface area (Å²) in [6.07, 6.45) is 1.59. The third-order valence-electron chi connectivity index (χ3n) is 2.45. The van der Waals surface area contributed by atoms with Crippen LogP contribution in [-0.2, 0) is 0 Å². The maximum absolute atomic E-state index is 13.4. The predicted octanol–water partition coefficient (Wildman–Crippen LogP) is 2.91. The highest BCUT2D eigenvalue weighted by molar-refractivity contribution is 5.63. The lowest BCUT2D eigenvalue weighted by Gasteiger charge is -2.07. The molecule has 0 aliphatic rings. The summed E-state index contributed by atoms with van der Waals surface area (Å²) in [6, 6.07) is 7.09. The molecule has 0 saturated carbocycles. The predicted molar refractivity (Wildman–Crippen MR) is 70.1 cm³/mol. The van der Waals surface area contributed by atoms with Crippen molar-refractivity contribution in [1.82, 2.24) is 4.98 Å². The average molecular weight is 262 g/mol. The Kier molecular flexibility index (Phi) is 3.56. The minimum atomic E-state index is -0.877. The Bertz CT molecular complexity index is 618. The zero-order chi connectivity index (χ0) is 13.8. The molecule has 19 heavy (non-hydrogen) atoms. The van der Waals surface area contributed by atoms with E-state index in [4.69, 9.17) is 0 Å². The van der Waals surface area contributed by atoms with Gasteiger partial charge in [0.15, 0.2) is 0 Å². The van der Waals surface area contributed by atoms with Crippen molar-refractivity contribution in [2.45, 2.75) is 0 Å². The highest BCUT2D eigenvalue weighted by Crippen LogP contribution is 2.24. The molecule has 0 bridgehead atoms. The Morgan fingerprint density at radius 2 is 2.00 bits per heavy atom. The van der Waals surface area contributed by atoms with Crippen molar-refractivity contribution >= 4 is 22.9 Å². The highest BCUT2D eigenvalue weighted by atomic mass is 19.1. The number of halogens is 1. The first kappa shape index (κ1) is 12.7. The fraction of sp³-hybridized carbons (Fsp3) is 0.0833. The molecule has 0 radical (unpaired) electrons. The van der Waals surface area contributed by atoms with E-state index in [0.29, 0.717) is 17.2 Å². The van der Waals surface area contributed by atoms with Gasteiger partial charge in [-0.1, -0.05) is 0 Å². The van der Waals surface area contributed by atoms with Gasteiger partial charge in [-0.05, 0) is 12.1 Å². The second kappa shape index (κ2) is 5.30. The van der Waals surface area contributed by atoms with Gasteiger partial charge in [0.25, 0.3) is 0 Å². The van der Waals surface area contributed by atoms with Crippen LogP contribution in [0.5, 0.6) is 0 Å². The first-order valence-electron chi connectivity index (χ1n) is 5.45. The normalized spacial score (nSPS) is 10.0. The molecule has 0 spiro atoms. The number of benzene rings is 1. The maximum Gasteiger partial charge on any atom is 0.304 e. The molecule has 0 aliphatic carbocycles. The third-order valence-corrected chi connectivity index (χ3v) is 2.45. The van der Waals surface area contributed by atoms with Crippen molar-refractivity contribution in [2.24, 2.45) is 0 Å². The molecule has 0 atom stereocenters. The number of hydrogen-bond acceptors (Lipinski definition) is 5. The van der Waals surface area contributed by atoms with Crippen LogP contribution in [0.25, 0.3) is 0 Å². The van der Waals surface area contributed by atoms with E-state index in [1.54, 1.807) is 25.4 Å². The van der Waals surface area contributed by atoms with Gasteiger partial charge in [0.2, 0.25) is 5.82 Å². The molecular formula is C12H11FN4O2. The van der Waals surface area contributed by atoms with E-state index in [1.165, 1.54) is 6.07 Å². The number of aromatic nitrogens is 1. The molecular weight excluding hydrogens is 251 g/mol. The molecule has 0 saturated heterocycles. The average Bonchev–Trinajstić information content (AvgIpc) is 2.38. The van der Waals surface area contributed by atoms with Crippen molar-refractivity contribution < 1.29 is 9.31 Å². The molecule has 0 unspecified atom stereocenters. The Morgan fingerprint density at radius 1 is 1.26 bits per heavy atom. The number of pyridine rings is 1. The number of nitrogens with one attached hydrogen (secondary N) is 2. The smallest absolute Gasteiger partial charge is 0.304 e. The molecule has 0 amide bonds. The lowest BCUT2D eigenvalue weighted by molar-refractivity contribution is -0.387. The molecule has 2 N–H and O–H groups in total. The van der Waals surface area contributed by atoms with E-state index in [-0.39, 0.29) is 0 Å². The van der Waals surface area contributed by atoms with Crippen molar-refractivity contribution in [3.05, 3.63) is 52.5 Å². The number of nitro groups is 1. The van der Waals surface area contributed by atoms with Crippen LogP contribution >= 0.6 is 0 Å². The highest BCUT2D eigenvalue weighted by Gasteiger charge is 2.13. The minimum Gasteiger partial charge on any atom is -0.373 e. The molecule has 1 aromatic carbocycles. The van der Waals surface area contributed by atoms with Crippen LogP contribution in [0.3, 0.4) is 0 Å². The van der Waals surface area contributed by atoms with Crippen molar-refractivity contribution in [2.75, 3.05) is 17.7 Å². The number of anilines is 3. The van der Waals surface area contributed by atoms with Crippen molar-refractivity contribution in [3.8, 4) is 0 Å². The van der Waals surface area contributed by atoms with E-state index >= 15 is 0 Å². The van der Waals surface area contributed by atoms with Crippen LogP contribution in [0.1, 0.15) is 0 Å². The standard InChI is InChI=1S/C12H11FN4O2/c1-14-12-7-9(4-5-15-12)16-8-2-3-11(17(18)19)10(13)6-8/h2-7H,1H3,(H2,14,15,16). The van der Waals surface area contributed by atoms with Crippen LogP contribution in [0.2, 0.25) is 0 Å². The second-order valence-corrected chi connectivity index (χ2v) is 3.73. The SMILES string of the molecule is CNc1cc(Nc2ccc([N+](=O)[O-])c(F)c2)ccn1. The summed E-state index contributed by atoms with van der Waals surface area (Å²) in [7, 11) is 1.73. The maximum atomic E-state index is 13.4. The topological polar surface area (TPSA) is 80.1 Å². The van der Waals surface area contributed by atoms with Crippen LogP contribution in [0.15, 0.2) is 36.5 Å². The van der Waals surface area contributed by atoms with Crippen LogP contribution < -0.4 is 10.6 Å². The lowest BCUT2D eigenvalue weighted by Crippen LogP contribution is -1.97. The number of rotatable bonds is 4. The van der Waals surface area contributed by atoms with Gasteiger partial charge in [-0.3, -0.25) is 10.1 Å². The third kappa shape index (κ3) is 2.95. The summed E-state index contributed by atoms with van der Waals surface area (Å²) in [5.41, 5.74) is 0.583. The first-order valence-corrected chi connectivity index (χ1v) is 5.45. The second-order valence-electron chi connectivity index (χ2n) is 3.73. The summed E-state index contributed by atoms with van der Waals surface area (Å²) in [4.78, 5) is 13.8. The van der Waals surface area contributed by atoms with Crippen LogP contribution in [-0.4, -0.2) is 17.0 Å². The van der Waals surface area contributed by atoms with Crippen molar-refractivity contribution in [1.29, 1.82) is 0 Å².